The second-order valence-corrected chi connectivity index (χ2v) is 9.88. The number of aliphatic hydroxyl groups is 1. The van der Waals surface area contributed by atoms with E-state index >= 15 is 0 Å². The van der Waals surface area contributed by atoms with E-state index in [1.807, 2.05) is 23.6 Å². The van der Waals surface area contributed by atoms with Crippen molar-refractivity contribution in [3.8, 4) is 22.8 Å². The molecule has 4 fully saturated rings. The Balaban J connectivity index is 1.23. The average molecular weight is 398 g/mol. The lowest BCUT2D eigenvalue weighted by atomic mass is 9.47. The average Bonchev–Trinajstić information content (AvgIpc) is 3.28. The maximum Gasteiger partial charge on any atom is 0.232 e. The van der Waals surface area contributed by atoms with Crippen molar-refractivity contribution >= 4 is 22.4 Å². The molecule has 7 heteroatoms. The summed E-state index contributed by atoms with van der Waals surface area (Å²) in [6.07, 6.45) is 5.30. The second-order valence-electron chi connectivity index (χ2n) is 9.03. The van der Waals surface area contributed by atoms with Gasteiger partial charge < -0.3 is 19.9 Å². The number of hydrogen-bond donors (Lipinski definition) is 2. The van der Waals surface area contributed by atoms with Crippen LogP contribution in [0.25, 0.3) is 11.3 Å². The summed E-state index contributed by atoms with van der Waals surface area (Å²) in [5.74, 6) is 2.46. The summed E-state index contributed by atoms with van der Waals surface area (Å²) in [5, 5.41) is 16.5. The van der Waals surface area contributed by atoms with Crippen LogP contribution in [0.15, 0.2) is 23.6 Å². The van der Waals surface area contributed by atoms with Gasteiger partial charge in [0.15, 0.2) is 16.6 Å². The summed E-state index contributed by atoms with van der Waals surface area (Å²) in [6, 6.07) is 5.74. The first kappa shape index (κ1) is 16.8. The molecule has 1 aromatic heterocycles. The van der Waals surface area contributed by atoms with Gasteiger partial charge in [0.25, 0.3) is 0 Å². The van der Waals surface area contributed by atoms with Gasteiger partial charge in [-0.25, -0.2) is 4.98 Å². The Kier molecular flexibility index (Phi) is 3.42. The minimum absolute atomic E-state index is 0.0339. The van der Waals surface area contributed by atoms with Gasteiger partial charge in [-0.3, -0.25) is 4.79 Å². The zero-order valence-corrected chi connectivity index (χ0v) is 16.3. The van der Waals surface area contributed by atoms with Gasteiger partial charge >= 0.3 is 0 Å². The van der Waals surface area contributed by atoms with Crippen LogP contribution in [-0.2, 0) is 4.79 Å². The number of hydrogen-bond acceptors (Lipinski definition) is 6. The summed E-state index contributed by atoms with van der Waals surface area (Å²) >= 11 is 1.43. The van der Waals surface area contributed by atoms with E-state index in [4.69, 9.17) is 9.47 Å². The standard InChI is InChI=1S/C21H22N2O4S/c24-18(20-5-12-3-13(6-20)8-21(25,7-12)10-20)23-19-22-15(9-28-19)14-1-2-16-17(4-14)27-11-26-16/h1-2,4,9,12-13,25H,3,5-8,10-11H2,(H,22,23,24)/t12-,13+,20?,21?. The number of thiazole rings is 1. The maximum atomic E-state index is 13.2. The van der Waals surface area contributed by atoms with E-state index in [0.717, 1.165) is 48.4 Å². The number of nitrogens with one attached hydrogen (secondary N) is 1. The molecular weight excluding hydrogens is 376 g/mol. The fraction of sp³-hybridized carbons (Fsp3) is 0.524. The van der Waals surface area contributed by atoms with Crippen molar-refractivity contribution in [2.24, 2.45) is 17.3 Å². The first-order valence-electron chi connectivity index (χ1n) is 9.90. The first-order chi connectivity index (χ1) is 13.5. The highest BCUT2D eigenvalue weighted by atomic mass is 32.1. The molecule has 5 aliphatic rings. The normalized spacial score (nSPS) is 34.6. The van der Waals surface area contributed by atoms with Crippen molar-refractivity contribution in [3.05, 3.63) is 23.6 Å². The summed E-state index contributed by atoms with van der Waals surface area (Å²) in [5.41, 5.74) is 0.679. The van der Waals surface area contributed by atoms with Crippen molar-refractivity contribution in [1.82, 2.24) is 4.98 Å². The minimum atomic E-state index is -0.637. The molecule has 4 aliphatic carbocycles. The molecule has 0 radical (unpaired) electrons. The van der Waals surface area contributed by atoms with Crippen LogP contribution in [0.3, 0.4) is 0 Å². The number of carbonyl (C=O) groups is 1. The molecule has 28 heavy (non-hydrogen) atoms. The van der Waals surface area contributed by atoms with Crippen molar-refractivity contribution < 1.29 is 19.4 Å². The molecule has 6 nitrogen and oxygen atoms in total. The smallest absolute Gasteiger partial charge is 0.232 e. The van der Waals surface area contributed by atoms with Crippen LogP contribution in [-0.4, -0.2) is 28.4 Å². The number of anilines is 1. The van der Waals surface area contributed by atoms with E-state index in [2.05, 4.69) is 10.3 Å². The predicted octanol–water partition coefficient (Wildman–Crippen LogP) is 3.81. The van der Waals surface area contributed by atoms with Crippen LogP contribution in [0.1, 0.15) is 38.5 Å². The van der Waals surface area contributed by atoms with Crippen LogP contribution in [0.4, 0.5) is 5.13 Å². The van der Waals surface area contributed by atoms with Crippen molar-refractivity contribution in [3.63, 3.8) is 0 Å². The highest BCUT2D eigenvalue weighted by Gasteiger charge is 2.60. The first-order valence-corrected chi connectivity index (χ1v) is 10.8. The summed E-state index contributed by atoms with van der Waals surface area (Å²) in [4.78, 5) is 17.8. The van der Waals surface area contributed by atoms with Gasteiger partial charge in [0.1, 0.15) is 0 Å². The topological polar surface area (TPSA) is 80.7 Å². The fourth-order valence-corrected chi connectivity index (χ4v) is 6.94. The molecule has 0 saturated heterocycles. The molecule has 7 rings (SSSR count). The van der Waals surface area contributed by atoms with Gasteiger partial charge in [-0.2, -0.15) is 0 Å². The molecule has 146 valence electrons. The third-order valence-electron chi connectivity index (χ3n) is 6.90. The molecule has 1 aliphatic heterocycles. The lowest BCUT2D eigenvalue weighted by molar-refractivity contribution is -0.174. The van der Waals surface area contributed by atoms with E-state index in [0.29, 0.717) is 23.4 Å². The molecule has 2 N–H and O–H groups in total. The Labute approximate surface area is 166 Å². The monoisotopic (exact) mass is 398 g/mol. The SMILES string of the molecule is O=C(Nc1nc(-c2ccc3c(c2)OCO3)cs1)C12C[C@@H]3C[C@@H](CC(O)(C3)C1)C2. The molecule has 1 amide bonds. The highest BCUT2D eigenvalue weighted by Crippen LogP contribution is 2.61. The van der Waals surface area contributed by atoms with Gasteiger partial charge in [-0.05, 0) is 68.6 Å². The van der Waals surface area contributed by atoms with Crippen molar-refractivity contribution in [2.45, 2.75) is 44.1 Å². The molecule has 2 aromatic rings. The lowest BCUT2D eigenvalue weighted by Crippen LogP contribution is -2.59. The predicted molar refractivity (Wildman–Crippen MR) is 104 cm³/mol. The fourth-order valence-electron chi connectivity index (χ4n) is 6.23. The summed E-state index contributed by atoms with van der Waals surface area (Å²) < 4.78 is 10.8. The molecule has 4 bridgehead atoms. The lowest BCUT2D eigenvalue weighted by Gasteiger charge is -2.59. The van der Waals surface area contributed by atoms with Gasteiger partial charge in [0, 0.05) is 10.9 Å². The molecule has 4 saturated carbocycles. The van der Waals surface area contributed by atoms with Crippen LogP contribution >= 0.6 is 11.3 Å². The number of amides is 1. The van der Waals surface area contributed by atoms with Crippen LogP contribution in [0, 0.1) is 17.3 Å². The van der Waals surface area contributed by atoms with Crippen LogP contribution < -0.4 is 14.8 Å². The number of fused-ring (bicyclic) bond motifs is 1. The second kappa shape index (κ2) is 5.70. The van der Waals surface area contributed by atoms with E-state index in [9.17, 15) is 9.90 Å². The molecule has 2 heterocycles. The summed E-state index contributed by atoms with van der Waals surface area (Å²) in [7, 11) is 0. The summed E-state index contributed by atoms with van der Waals surface area (Å²) in [6.45, 7) is 0.244. The number of ether oxygens (including phenoxy) is 2. The Morgan fingerprint density at radius 3 is 2.75 bits per heavy atom. The third kappa shape index (κ3) is 2.56. The largest absolute Gasteiger partial charge is 0.454 e. The van der Waals surface area contributed by atoms with Crippen LogP contribution in [0.2, 0.25) is 0 Å². The molecule has 0 spiro atoms. The Bertz CT molecular complexity index is 957. The Hall–Kier alpha value is -2.12. The van der Waals surface area contributed by atoms with E-state index in [1.165, 1.54) is 17.8 Å². The van der Waals surface area contributed by atoms with Gasteiger partial charge in [-0.15, -0.1) is 11.3 Å². The third-order valence-corrected chi connectivity index (χ3v) is 7.66. The van der Waals surface area contributed by atoms with Gasteiger partial charge in [-0.1, -0.05) is 0 Å². The van der Waals surface area contributed by atoms with E-state index < -0.39 is 11.0 Å². The van der Waals surface area contributed by atoms with Gasteiger partial charge in [0.05, 0.1) is 16.7 Å². The highest BCUT2D eigenvalue weighted by molar-refractivity contribution is 7.14. The number of carbonyl (C=O) groups excluding carboxylic acids is 1. The quantitative estimate of drug-likeness (QED) is 0.822. The van der Waals surface area contributed by atoms with Crippen molar-refractivity contribution in [2.75, 3.05) is 12.1 Å². The minimum Gasteiger partial charge on any atom is -0.454 e. The van der Waals surface area contributed by atoms with E-state index in [-0.39, 0.29) is 12.7 Å². The van der Waals surface area contributed by atoms with E-state index in [1.54, 1.807) is 0 Å². The van der Waals surface area contributed by atoms with Crippen LogP contribution in [0.5, 0.6) is 11.5 Å². The Morgan fingerprint density at radius 2 is 1.96 bits per heavy atom. The maximum absolute atomic E-state index is 13.2. The van der Waals surface area contributed by atoms with Gasteiger partial charge in [0.2, 0.25) is 12.7 Å². The number of benzene rings is 1. The Morgan fingerprint density at radius 1 is 1.18 bits per heavy atom. The molecule has 2 unspecified atom stereocenters. The molecule has 4 atom stereocenters. The molecular formula is C21H22N2O4S. The molecule has 1 aromatic carbocycles. The zero-order chi connectivity index (χ0) is 18.9. The van der Waals surface area contributed by atoms with Crippen molar-refractivity contribution in [1.29, 1.82) is 0 Å². The number of aromatic nitrogens is 1. The number of nitrogens with zero attached hydrogens (tertiary/aromatic N) is 1. The zero-order valence-electron chi connectivity index (χ0n) is 15.4. The number of rotatable bonds is 3.